The lowest BCUT2D eigenvalue weighted by atomic mass is 10.0. The molecule has 0 fully saturated rings. The van der Waals surface area contributed by atoms with Gasteiger partial charge in [0.05, 0.1) is 11.4 Å². The standard InChI is InChI=1S/C30H20N2S/c1-2-10-22(11-3-1)28-20-24-13-6-7-14-26(24)30(32-28)33-29-16-8-15-27(31-29)25-18-17-21-9-4-5-12-23(21)19-25/h1-20H. The first-order valence-electron chi connectivity index (χ1n) is 10.9. The van der Waals surface area contributed by atoms with E-state index in [4.69, 9.17) is 9.97 Å². The molecule has 3 heteroatoms. The van der Waals surface area contributed by atoms with Crippen LogP contribution in [0, 0.1) is 0 Å². The fraction of sp³-hybridized carbons (Fsp3) is 0. The van der Waals surface area contributed by atoms with Crippen LogP contribution >= 0.6 is 11.8 Å². The average molecular weight is 441 g/mol. The number of pyridine rings is 2. The molecule has 0 bridgehead atoms. The second-order valence-electron chi connectivity index (χ2n) is 7.92. The van der Waals surface area contributed by atoms with Crippen LogP contribution in [0.3, 0.4) is 0 Å². The molecule has 0 amide bonds. The van der Waals surface area contributed by atoms with Gasteiger partial charge in [0.25, 0.3) is 0 Å². The minimum absolute atomic E-state index is 0.934. The van der Waals surface area contributed by atoms with Gasteiger partial charge in [-0.3, -0.25) is 0 Å². The van der Waals surface area contributed by atoms with Crippen molar-refractivity contribution >= 4 is 33.3 Å². The van der Waals surface area contributed by atoms with Crippen molar-refractivity contribution in [3.05, 3.63) is 121 Å². The molecular weight excluding hydrogens is 420 g/mol. The minimum atomic E-state index is 0.934. The number of rotatable bonds is 4. The monoisotopic (exact) mass is 440 g/mol. The molecule has 2 heterocycles. The van der Waals surface area contributed by atoms with Crippen LogP contribution in [0.1, 0.15) is 0 Å². The van der Waals surface area contributed by atoms with E-state index < -0.39 is 0 Å². The van der Waals surface area contributed by atoms with E-state index >= 15 is 0 Å². The van der Waals surface area contributed by atoms with Crippen LogP contribution < -0.4 is 0 Å². The van der Waals surface area contributed by atoms with Crippen molar-refractivity contribution in [1.82, 2.24) is 9.97 Å². The van der Waals surface area contributed by atoms with E-state index in [1.165, 1.54) is 16.2 Å². The highest BCUT2D eigenvalue weighted by Gasteiger charge is 2.11. The molecular formula is C30H20N2S. The summed E-state index contributed by atoms with van der Waals surface area (Å²) in [5.41, 5.74) is 4.17. The summed E-state index contributed by atoms with van der Waals surface area (Å²) in [4.78, 5) is 10.0. The number of hydrogen-bond donors (Lipinski definition) is 0. The Morgan fingerprint density at radius 3 is 2.09 bits per heavy atom. The second kappa shape index (κ2) is 8.53. The maximum absolute atomic E-state index is 5.03. The first-order chi connectivity index (χ1) is 16.3. The third kappa shape index (κ3) is 3.99. The summed E-state index contributed by atoms with van der Waals surface area (Å²) in [6.45, 7) is 0. The Kier molecular flexibility index (Phi) is 5.10. The molecule has 0 aliphatic heterocycles. The Bertz CT molecular complexity index is 1590. The topological polar surface area (TPSA) is 25.8 Å². The van der Waals surface area contributed by atoms with Crippen LogP contribution in [-0.2, 0) is 0 Å². The van der Waals surface area contributed by atoms with Crippen LogP contribution in [0.4, 0.5) is 0 Å². The Hall–Kier alpha value is -3.95. The van der Waals surface area contributed by atoms with Crippen molar-refractivity contribution in [2.45, 2.75) is 10.1 Å². The van der Waals surface area contributed by atoms with Crippen LogP contribution in [0.15, 0.2) is 131 Å². The van der Waals surface area contributed by atoms with Crippen LogP contribution in [0.25, 0.3) is 44.1 Å². The molecule has 6 aromatic rings. The maximum atomic E-state index is 5.03. The highest BCUT2D eigenvalue weighted by atomic mass is 32.2. The fourth-order valence-corrected chi connectivity index (χ4v) is 5.01. The Labute approximate surface area is 197 Å². The summed E-state index contributed by atoms with van der Waals surface area (Å²) in [6.07, 6.45) is 0. The summed E-state index contributed by atoms with van der Waals surface area (Å²) in [5.74, 6) is 0. The second-order valence-corrected chi connectivity index (χ2v) is 8.93. The molecule has 0 aliphatic carbocycles. The van der Waals surface area contributed by atoms with Crippen LogP contribution in [-0.4, -0.2) is 9.97 Å². The molecule has 6 rings (SSSR count). The summed E-state index contributed by atoms with van der Waals surface area (Å²) < 4.78 is 0. The van der Waals surface area contributed by atoms with Crippen molar-refractivity contribution in [2.75, 3.05) is 0 Å². The molecule has 0 spiro atoms. The molecule has 2 aromatic heterocycles. The zero-order valence-corrected chi connectivity index (χ0v) is 18.7. The minimum Gasteiger partial charge on any atom is -0.241 e. The van der Waals surface area contributed by atoms with Gasteiger partial charge in [-0.25, -0.2) is 9.97 Å². The maximum Gasteiger partial charge on any atom is 0.111 e. The molecule has 156 valence electrons. The zero-order chi connectivity index (χ0) is 22.0. The summed E-state index contributed by atoms with van der Waals surface area (Å²) in [7, 11) is 0. The quantitative estimate of drug-likeness (QED) is 0.276. The van der Waals surface area contributed by atoms with E-state index in [1.807, 2.05) is 18.2 Å². The first-order valence-corrected chi connectivity index (χ1v) is 11.7. The normalized spacial score (nSPS) is 11.2. The third-order valence-electron chi connectivity index (χ3n) is 5.74. The number of hydrogen-bond acceptors (Lipinski definition) is 3. The van der Waals surface area contributed by atoms with Crippen molar-refractivity contribution in [3.8, 4) is 22.5 Å². The van der Waals surface area contributed by atoms with E-state index in [2.05, 4.69) is 103 Å². The molecule has 0 radical (unpaired) electrons. The predicted octanol–water partition coefficient (Wildman–Crippen LogP) is 8.27. The Morgan fingerprint density at radius 2 is 1.21 bits per heavy atom. The SMILES string of the molecule is c1ccc(-c2cc3ccccc3c(Sc3cccc(-c4ccc5ccccc5c4)n3)n2)cc1. The van der Waals surface area contributed by atoms with E-state index in [-0.39, 0.29) is 0 Å². The van der Waals surface area contributed by atoms with Gasteiger partial charge in [-0.2, -0.15) is 0 Å². The number of fused-ring (bicyclic) bond motifs is 2. The summed E-state index contributed by atoms with van der Waals surface area (Å²) in [6, 6.07) is 42.0. The molecule has 0 atom stereocenters. The number of nitrogens with zero attached hydrogens (tertiary/aromatic N) is 2. The molecule has 0 N–H and O–H groups in total. The van der Waals surface area contributed by atoms with Crippen molar-refractivity contribution in [2.24, 2.45) is 0 Å². The average Bonchev–Trinajstić information content (AvgIpc) is 2.89. The van der Waals surface area contributed by atoms with Gasteiger partial charge in [0.1, 0.15) is 10.1 Å². The van der Waals surface area contributed by atoms with E-state index in [9.17, 15) is 0 Å². The lowest BCUT2D eigenvalue weighted by Gasteiger charge is -2.10. The van der Waals surface area contributed by atoms with Gasteiger partial charge in [0, 0.05) is 16.5 Å². The van der Waals surface area contributed by atoms with Gasteiger partial charge >= 0.3 is 0 Å². The van der Waals surface area contributed by atoms with Crippen LogP contribution in [0.5, 0.6) is 0 Å². The van der Waals surface area contributed by atoms with Crippen molar-refractivity contribution in [3.63, 3.8) is 0 Å². The number of aromatic nitrogens is 2. The van der Waals surface area contributed by atoms with Crippen LogP contribution in [0.2, 0.25) is 0 Å². The third-order valence-corrected chi connectivity index (χ3v) is 6.69. The summed E-state index contributed by atoms with van der Waals surface area (Å²) in [5, 5.41) is 6.68. The van der Waals surface area contributed by atoms with Gasteiger partial charge in [-0.15, -0.1) is 0 Å². The molecule has 4 aromatic carbocycles. The van der Waals surface area contributed by atoms with E-state index in [0.717, 1.165) is 38.0 Å². The van der Waals surface area contributed by atoms with Gasteiger partial charge in [-0.05, 0) is 52.2 Å². The molecule has 0 saturated carbocycles. The smallest absolute Gasteiger partial charge is 0.111 e. The van der Waals surface area contributed by atoms with E-state index in [0.29, 0.717) is 0 Å². The fourth-order valence-electron chi connectivity index (χ4n) is 4.08. The van der Waals surface area contributed by atoms with Gasteiger partial charge in [0.15, 0.2) is 0 Å². The van der Waals surface area contributed by atoms with E-state index in [1.54, 1.807) is 11.8 Å². The Morgan fingerprint density at radius 1 is 0.455 bits per heavy atom. The highest BCUT2D eigenvalue weighted by molar-refractivity contribution is 7.99. The lowest BCUT2D eigenvalue weighted by molar-refractivity contribution is 1.12. The molecule has 2 nitrogen and oxygen atoms in total. The molecule has 33 heavy (non-hydrogen) atoms. The van der Waals surface area contributed by atoms with Crippen molar-refractivity contribution in [1.29, 1.82) is 0 Å². The first kappa shape index (κ1) is 19.7. The zero-order valence-electron chi connectivity index (χ0n) is 17.8. The number of benzene rings is 4. The molecule has 0 unspecified atom stereocenters. The molecule has 0 aliphatic rings. The van der Waals surface area contributed by atoms with Gasteiger partial charge < -0.3 is 0 Å². The van der Waals surface area contributed by atoms with Crippen molar-refractivity contribution < 1.29 is 0 Å². The molecule has 0 saturated heterocycles. The Balaban J connectivity index is 1.41. The largest absolute Gasteiger partial charge is 0.241 e. The predicted molar refractivity (Wildman–Crippen MR) is 138 cm³/mol. The summed E-state index contributed by atoms with van der Waals surface area (Å²) >= 11 is 1.62. The lowest BCUT2D eigenvalue weighted by Crippen LogP contribution is -1.91. The van der Waals surface area contributed by atoms with Gasteiger partial charge in [0.2, 0.25) is 0 Å². The van der Waals surface area contributed by atoms with Gasteiger partial charge in [-0.1, -0.05) is 97.1 Å². The highest BCUT2D eigenvalue weighted by Crippen LogP contribution is 2.35.